The standard InChI is InChI=1S/C13H19NS/c1-10-5-6-11(2)13(8-10)15-9-12-4-3-7-14-12/h5-6,8,12,14H,3-4,7,9H2,1-2H3. The number of rotatable bonds is 3. The molecule has 1 unspecified atom stereocenters. The molecule has 1 nitrogen and oxygen atoms in total. The van der Waals surface area contributed by atoms with Crippen LogP contribution in [0.4, 0.5) is 0 Å². The van der Waals surface area contributed by atoms with Crippen LogP contribution in [0.1, 0.15) is 24.0 Å². The Hall–Kier alpha value is -0.470. The monoisotopic (exact) mass is 221 g/mol. The summed E-state index contributed by atoms with van der Waals surface area (Å²) in [4.78, 5) is 1.45. The van der Waals surface area contributed by atoms with Gasteiger partial charge < -0.3 is 5.32 Å². The molecule has 1 atom stereocenters. The fourth-order valence-corrected chi connectivity index (χ4v) is 3.18. The van der Waals surface area contributed by atoms with Gasteiger partial charge in [-0.3, -0.25) is 0 Å². The van der Waals surface area contributed by atoms with Crippen LogP contribution in [0, 0.1) is 13.8 Å². The lowest BCUT2D eigenvalue weighted by Crippen LogP contribution is -2.23. The van der Waals surface area contributed by atoms with Crippen LogP contribution in [0.5, 0.6) is 0 Å². The quantitative estimate of drug-likeness (QED) is 0.787. The predicted octanol–water partition coefficient (Wildman–Crippen LogP) is 3.15. The molecule has 1 N–H and O–H groups in total. The molecule has 0 saturated carbocycles. The molecule has 0 aromatic heterocycles. The first-order valence-corrected chi connectivity index (χ1v) is 6.68. The molecule has 1 saturated heterocycles. The number of nitrogens with one attached hydrogen (secondary N) is 1. The molecule has 1 aliphatic rings. The van der Waals surface area contributed by atoms with Gasteiger partial charge in [0.15, 0.2) is 0 Å². The van der Waals surface area contributed by atoms with E-state index in [1.165, 1.54) is 41.2 Å². The van der Waals surface area contributed by atoms with E-state index < -0.39 is 0 Å². The summed E-state index contributed by atoms with van der Waals surface area (Å²) in [6.07, 6.45) is 2.69. The first kappa shape index (κ1) is 11.0. The molecule has 0 radical (unpaired) electrons. The van der Waals surface area contributed by atoms with Crippen molar-refractivity contribution in [1.29, 1.82) is 0 Å². The summed E-state index contributed by atoms with van der Waals surface area (Å²) >= 11 is 2.00. The van der Waals surface area contributed by atoms with Crippen LogP contribution in [0.2, 0.25) is 0 Å². The van der Waals surface area contributed by atoms with Gasteiger partial charge in [0.25, 0.3) is 0 Å². The molecule has 0 spiro atoms. The maximum Gasteiger partial charge on any atom is 0.0162 e. The molecule has 0 bridgehead atoms. The van der Waals surface area contributed by atoms with Crippen LogP contribution in [-0.2, 0) is 0 Å². The lowest BCUT2D eigenvalue weighted by molar-refractivity contribution is 0.674. The zero-order valence-electron chi connectivity index (χ0n) is 9.55. The van der Waals surface area contributed by atoms with Gasteiger partial charge in [-0.05, 0) is 44.9 Å². The fourth-order valence-electron chi connectivity index (χ4n) is 1.95. The Morgan fingerprint density at radius 3 is 3.00 bits per heavy atom. The third kappa shape index (κ3) is 2.99. The number of thioether (sulfide) groups is 1. The van der Waals surface area contributed by atoms with Gasteiger partial charge in [0.1, 0.15) is 0 Å². The Morgan fingerprint density at radius 2 is 2.27 bits per heavy atom. The van der Waals surface area contributed by atoms with Crippen LogP contribution in [-0.4, -0.2) is 18.3 Å². The van der Waals surface area contributed by atoms with Gasteiger partial charge >= 0.3 is 0 Å². The van der Waals surface area contributed by atoms with E-state index in [0.29, 0.717) is 0 Å². The van der Waals surface area contributed by atoms with Crippen molar-refractivity contribution in [2.45, 2.75) is 37.6 Å². The van der Waals surface area contributed by atoms with Gasteiger partial charge in [0.05, 0.1) is 0 Å². The summed E-state index contributed by atoms with van der Waals surface area (Å²) in [6, 6.07) is 7.44. The first-order chi connectivity index (χ1) is 7.25. The van der Waals surface area contributed by atoms with Crippen molar-refractivity contribution >= 4 is 11.8 Å². The highest BCUT2D eigenvalue weighted by atomic mass is 32.2. The number of hydrogen-bond acceptors (Lipinski definition) is 2. The van der Waals surface area contributed by atoms with Gasteiger partial charge in [0, 0.05) is 16.7 Å². The molecule has 82 valence electrons. The number of aryl methyl sites for hydroxylation is 2. The van der Waals surface area contributed by atoms with Gasteiger partial charge in [0.2, 0.25) is 0 Å². The fraction of sp³-hybridized carbons (Fsp3) is 0.538. The maximum absolute atomic E-state index is 3.54. The summed E-state index contributed by atoms with van der Waals surface area (Å²) < 4.78 is 0. The molecule has 1 aliphatic heterocycles. The highest BCUT2D eigenvalue weighted by Gasteiger charge is 2.14. The minimum absolute atomic E-state index is 0.731. The molecular formula is C13H19NS. The van der Waals surface area contributed by atoms with E-state index in [1.807, 2.05) is 11.8 Å². The Bertz CT molecular complexity index is 329. The van der Waals surface area contributed by atoms with Crippen LogP contribution >= 0.6 is 11.8 Å². The molecule has 15 heavy (non-hydrogen) atoms. The summed E-state index contributed by atoms with van der Waals surface area (Å²) in [5.74, 6) is 1.21. The Labute approximate surface area is 96.7 Å². The molecule has 1 aromatic carbocycles. The van der Waals surface area contributed by atoms with Crippen LogP contribution in [0.25, 0.3) is 0 Å². The Balaban J connectivity index is 1.94. The summed E-state index contributed by atoms with van der Waals surface area (Å²) in [5, 5.41) is 3.54. The molecule has 1 fully saturated rings. The Kier molecular flexibility index (Phi) is 3.71. The van der Waals surface area contributed by atoms with Gasteiger partial charge in [-0.2, -0.15) is 0 Å². The van der Waals surface area contributed by atoms with Crippen LogP contribution in [0.3, 0.4) is 0 Å². The van der Waals surface area contributed by atoms with E-state index >= 15 is 0 Å². The second-order valence-electron chi connectivity index (χ2n) is 4.37. The van der Waals surface area contributed by atoms with E-state index in [9.17, 15) is 0 Å². The van der Waals surface area contributed by atoms with Crippen LogP contribution < -0.4 is 5.32 Å². The third-order valence-corrected chi connectivity index (χ3v) is 4.27. The molecule has 1 heterocycles. The molecule has 2 rings (SSSR count). The van der Waals surface area contributed by atoms with Crippen molar-refractivity contribution in [2.24, 2.45) is 0 Å². The van der Waals surface area contributed by atoms with Crippen molar-refractivity contribution in [1.82, 2.24) is 5.32 Å². The van der Waals surface area contributed by atoms with Crippen molar-refractivity contribution in [2.75, 3.05) is 12.3 Å². The van der Waals surface area contributed by atoms with E-state index in [2.05, 4.69) is 37.4 Å². The molecule has 1 aromatic rings. The lowest BCUT2D eigenvalue weighted by atomic mass is 10.2. The van der Waals surface area contributed by atoms with Crippen molar-refractivity contribution in [3.05, 3.63) is 29.3 Å². The third-order valence-electron chi connectivity index (χ3n) is 2.95. The Morgan fingerprint density at radius 1 is 1.40 bits per heavy atom. The molecular weight excluding hydrogens is 202 g/mol. The zero-order valence-corrected chi connectivity index (χ0v) is 10.4. The minimum Gasteiger partial charge on any atom is -0.313 e. The maximum atomic E-state index is 3.54. The number of benzene rings is 1. The van der Waals surface area contributed by atoms with Gasteiger partial charge in [-0.25, -0.2) is 0 Å². The van der Waals surface area contributed by atoms with E-state index in [1.54, 1.807) is 0 Å². The topological polar surface area (TPSA) is 12.0 Å². The van der Waals surface area contributed by atoms with Crippen molar-refractivity contribution in [3.63, 3.8) is 0 Å². The van der Waals surface area contributed by atoms with E-state index in [4.69, 9.17) is 0 Å². The summed E-state index contributed by atoms with van der Waals surface area (Å²) in [7, 11) is 0. The summed E-state index contributed by atoms with van der Waals surface area (Å²) in [5.41, 5.74) is 2.77. The minimum atomic E-state index is 0.731. The highest BCUT2D eigenvalue weighted by molar-refractivity contribution is 7.99. The predicted molar refractivity (Wildman–Crippen MR) is 67.7 cm³/mol. The van der Waals surface area contributed by atoms with Gasteiger partial charge in [-0.15, -0.1) is 11.8 Å². The average Bonchev–Trinajstić information content (AvgIpc) is 2.72. The molecule has 0 aliphatic carbocycles. The SMILES string of the molecule is Cc1ccc(C)c(SCC2CCCN2)c1. The van der Waals surface area contributed by atoms with E-state index in [0.717, 1.165) is 6.04 Å². The van der Waals surface area contributed by atoms with Gasteiger partial charge in [-0.1, -0.05) is 17.7 Å². The normalized spacial score (nSPS) is 20.8. The van der Waals surface area contributed by atoms with Crippen LogP contribution in [0.15, 0.2) is 23.1 Å². The van der Waals surface area contributed by atoms with Crippen molar-refractivity contribution < 1.29 is 0 Å². The largest absolute Gasteiger partial charge is 0.313 e. The molecule has 2 heteroatoms. The highest BCUT2D eigenvalue weighted by Crippen LogP contribution is 2.25. The second-order valence-corrected chi connectivity index (χ2v) is 5.44. The first-order valence-electron chi connectivity index (χ1n) is 5.69. The number of hydrogen-bond donors (Lipinski definition) is 1. The lowest BCUT2D eigenvalue weighted by Gasteiger charge is -2.11. The smallest absolute Gasteiger partial charge is 0.0162 e. The van der Waals surface area contributed by atoms with Crippen molar-refractivity contribution in [3.8, 4) is 0 Å². The zero-order chi connectivity index (χ0) is 10.7. The average molecular weight is 221 g/mol. The second kappa shape index (κ2) is 5.04. The van der Waals surface area contributed by atoms with E-state index in [-0.39, 0.29) is 0 Å². The molecule has 0 amide bonds. The summed E-state index contributed by atoms with van der Waals surface area (Å²) in [6.45, 7) is 5.57.